The highest BCUT2D eigenvalue weighted by molar-refractivity contribution is 7.99. The molecule has 0 aliphatic heterocycles. The minimum absolute atomic E-state index is 0.195. The Balaban J connectivity index is 2.46. The molecule has 0 bridgehead atoms. The highest BCUT2D eigenvalue weighted by atomic mass is 32.2. The van der Waals surface area contributed by atoms with Crippen molar-refractivity contribution in [1.82, 2.24) is 4.98 Å². The molecule has 0 fully saturated rings. The first-order chi connectivity index (χ1) is 6.72. The maximum absolute atomic E-state index is 12.9. The summed E-state index contributed by atoms with van der Waals surface area (Å²) in [5, 5.41) is 0.830. The van der Waals surface area contributed by atoms with Gasteiger partial charge in [-0.05, 0) is 24.6 Å². The molecule has 0 atom stereocenters. The van der Waals surface area contributed by atoms with Gasteiger partial charge in [0.25, 0.3) is 0 Å². The lowest BCUT2D eigenvalue weighted by atomic mass is 10.3. The normalized spacial score (nSPS) is 11.8. The molecule has 76 valence electrons. The van der Waals surface area contributed by atoms with Gasteiger partial charge in [-0.2, -0.15) is 0 Å². The number of rotatable bonds is 4. The van der Waals surface area contributed by atoms with Gasteiger partial charge in [0.1, 0.15) is 5.83 Å². The smallest absolute Gasteiger partial charge is 0.107 e. The fourth-order valence-corrected chi connectivity index (χ4v) is 1.56. The summed E-state index contributed by atoms with van der Waals surface area (Å²) in [6.45, 7) is 2.21. The molecule has 0 spiro atoms. The van der Waals surface area contributed by atoms with Crippen molar-refractivity contribution >= 4 is 11.8 Å². The molecule has 1 aromatic rings. The Bertz CT molecular complexity index is 308. The Morgan fingerprint density at radius 3 is 3.00 bits per heavy atom. The maximum atomic E-state index is 12.9. The van der Waals surface area contributed by atoms with E-state index < -0.39 is 0 Å². The lowest BCUT2D eigenvalue weighted by Crippen LogP contribution is -1.95. The summed E-state index contributed by atoms with van der Waals surface area (Å²) in [6, 6.07) is 3.84. The van der Waals surface area contributed by atoms with Gasteiger partial charge >= 0.3 is 0 Å². The minimum Gasteiger partial charge on any atom is -0.327 e. The van der Waals surface area contributed by atoms with Gasteiger partial charge in [-0.25, -0.2) is 9.37 Å². The van der Waals surface area contributed by atoms with Gasteiger partial charge in [-0.1, -0.05) is 17.8 Å². The zero-order valence-electron chi connectivity index (χ0n) is 8.03. The van der Waals surface area contributed by atoms with Crippen LogP contribution in [0.1, 0.15) is 5.56 Å². The number of hydrogen-bond acceptors (Lipinski definition) is 3. The molecule has 0 saturated carbocycles. The zero-order chi connectivity index (χ0) is 10.4. The van der Waals surface area contributed by atoms with E-state index in [1.807, 2.05) is 19.1 Å². The van der Waals surface area contributed by atoms with Crippen molar-refractivity contribution in [3.8, 4) is 0 Å². The number of halogens is 1. The summed E-state index contributed by atoms with van der Waals surface area (Å²) >= 11 is 1.37. The van der Waals surface area contributed by atoms with Gasteiger partial charge < -0.3 is 5.73 Å². The average molecular weight is 212 g/mol. The van der Waals surface area contributed by atoms with Crippen LogP contribution in [0.3, 0.4) is 0 Å². The van der Waals surface area contributed by atoms with Crippen molar-refractivity contribution in [3.05, 3.63) is 35.8 Å². The first-order valence-electron chi connectivity index (χ1n) is 4.32. The van der Waals surface area contributed by atoms with Gasteiger partial charge in [-0.3, -0.25) is 0 Å². The number of aryl methyl sites for hydroxylation is 1. The topological polar surface area (TPSA) is 38.9 Å². The number of nitrogens with zero attached hydrogens (tertiary/aromatic N) is 1. The molecule has 0 saturated heterocycles. The van der Waals surface area contributed by atoms with E-state index in [-0.39, 0.29) is 12.4 Å². The summed E-state index contributed by atoms with van der Waals surface area (Å²) in [7, 11) is 0. The molecular formula is C10H13FN2S. The Kier molecular flexibility index (Phi) is 4.62. The van der Waals surface area contributed by atoms with E-state index in [1.54, 1.807) is 6.20 Å². The number of hydrogen-bond donors (Lipinski definition) is 1. The molecule has 1 aromatic heterocycles. The van der Waals surface area contributed by atoms with Crippen molar-refractivity contribution in [2.75, 3.05) is 12.3 Å². The molecule has 0 amide bonds. The molecule has 2 N–H and O–H groups in total. The monoisotopic (exact) mass is 212 g/mol. The fraction of sp³-hybridized carbons (Fsp3) is 0.300. The van der Waals surface area contributed by atoms with Gasteiger partial charge in [0.15, 0.2) is 0 Å². The van der Waals surface area contributed by atoms with E-state index in [2.05, 4.69) is 4.98 Å². The molecule has 2 nitrogen and oxygen atoms in total. The first-order valence-corrected chi connectivity index (χ1v) is 5.31. The van der Waals surface area contributed by atoms with Gasteiger partial charge in [0, 0.05) is 12.7 Å². The van der Waals surface area contributed by atoms with Crippen molar-refractivity contribution in [2.45, 2.75) is 11.9 Å². The molecule has 4 heteroatoms. The highest BCUT2D eigenvalue weighted by Crippen LogP contribution is 2.18. The Morgan fingerprint density at radius 1 is 1.64 bits per heavy atom. The van der Waals surface area contributed by atoms with Gasteiger partial charge in [-0.15, -0.1) is 0 Å². The fourth-order valence-electron chi connectivity index (χ4n) is 0.869. The minimum atomic E-state index is -0.195. The van der Waals surface area contributed by atoms with Crippen LogP contribution in [0.2, 0.25) is 0 Å². The molecule has 0 aromatic carbocycles. The van der Waals surface area contributed by atoms with E-state index in [0.29, 0.717) is 5.75 Å². The molecular weight excluding hydrogens is 199 g/mol. The van der Waals surface area contributed by atoms with Crippen LogP contribution in [0, 0.1) is 6.92 Å². The van der Waals surface area contributed by atoms with E-state index in [0.717, 1.165) is 10.6 Å². The lowest BCUT2D eigenvalue weighted by Gasteiger charge is -1.99. The zero-order valence-corrected chi connectivity index (χ0v) is 8.85. The molecule has 14 heavy (non-hydrogen) atoms. The SMILES string of the molecule is Cc1ccc(SC/C(F)=C/CN)nc1. The van der Waals surface area contributed by atoms with Crippen LogP contribution >= 0.6 is 11.8 Å². The second-order valence-corrected chi connectivity index (χ2v) is 3.84. The third-order valence-corrected chi connectivity index (χ3v) is 2.54. The summed E-state index contributed by atoms with van der Waals surface area (Å²) < 4.78 is 12.9. The molecule has 0 unspecified atom stereocenters. The molecule has 1 heterocycles. The maximum Gasteiger partial charge on any atom is 0.107 e. The Morgan fingerprint density at radius 2 is 2.43 bits per heavy atom. The highest BCUT2D eigenvalue weighted by Gasteiger charge is 1.98. The van der Waals surface area contributed by atoms with E-state index in [4.69, 9.17) is 5.73 Å². The predicted octanol–water partition coefficient (Wildman–Crippen LogP) is 2.29. The van der Waals surface area contributed by atoms with Crippen LogP contribution in [0.4, 0.5) is 4.39 Å². The standard InChI is InChI=1S/C10H13FN2S/c1-8-2-3-10(13-6-8)14-7-9(11)4-5-12/h2-4,6H,5,7,12H2,1H3/b9-4-. The molecule has 0 aliphatic rings. The first kappa shape index (κ1) is 11.2. The van der Waals surface area contributed by atoms with Crippen LogP contribution in [0.25, 0.3) is 0 Å². The number of thioether (sulfide) groups is 1. The molecule has 0 radical (unpaired) electrons. The number of pyridine rings is 1. The predicted molar refractivity (Wildman–Crippen MR) is 57.9 cm³/mol. The van der Waals surface area contributed by atoms with Crippen molar-refractivity contribution < 1.29 is 4.39 Å². The number of aromatic nitrogens is 1. The summed E-state index contributed by atoms with van der Waals surface area (Å²) in [6.07, 6.45) is 3.15. The largest absolute Gasteiger partial charge is 0.327 e. The van der Waals surface area contributed by atoms with E-state index >= 15 is 0 Å². The van der Waals surface area contributed by atoms with E-state index in [9.17, 15) is 4.39 Å². The Labute approximate surface area is 87.4 Å². The van der Waals surface area contributed by atoms with Crippen molar-refractivity contribution in [3.63, 3.8) is 0 Å². The van der Waals surface area contributed by atoms with Crippen LogP contribution < -0.4 is 5.73 Å². The van der Waals surface area contributed by atoms with Crippen molar-refractivity contribution in [2.24, 2.45) is 5.73 Å². The molecule has 0 aliphatic carbocycles. The quantitative estimate of drug-likeness (QED) is 0.778. The van der Waals surface area contributed by atoms with Gasteiger partial charge in [0.2, 0.25) is 0 Å². The Hall–Kier alpha value is -0.870. The second-order valence-electron chi connectivity index (χ2n) is 2.85. The number of nitrogens with two attached hydrogens (primary N) is 1. The van der Waals surface area contributed by atoms with Crippen LogP contribution in [-0.2, 0) is 0 Å². The van der Waals surface area contributed by atoms with Crippen LogP contribution in [0.15, 0.2) is 35.3 Å². The van der Waals surface area contributed by atoms with E-state index in [1.165, 1.54) is 17.8 Å². The third kappa shape index (κ3) is 3.89. The summed E-state index contributed by atoms with van der Waals surface area (Å²) in [5.74, 6) is 0.104. The lowest BCUT2D eigenvalue weighted by molar-refractivity contribution is 0.640. The van der Waals surface area contributed by atoms with Crippen LogP contribution in [0.5, 0.6) is 0 Å². The van der Waals surface area contributed by atoms with Crippen LogP contribution in [-0.4, -0.2) is 17.3 Å². The summed E-state index contributed by atoms with van der Waals surface area (Å²) in [4.78, 5) is 4.15. The van der Waals surface area contributed by atoms with Gasteiger partial charge in [0.05, 0.1) is 10.8 Å². The molecule has 1 rings (SSSR count). The average Bonchev–Trinajstić information content (AvgIpc) is 2.17. The second kappa shape index (κ2) is 5.78. The third-order valence-electron chi connectivity index (χ3n) is 1.58. The van der Waals surface area contributed by atoms with Crippen molar-refractivity contribution in [1.29, 1.82) is 0 Å². The summed E-state index contributed by atoms with van der Waals surface area (Å²) in [5.41, 5.74) is 6.28.